The number of ketones is 2. The van der Waals surface area contributed by atoms with Gasteiger partial charge in [-0.05, 0) is 19.4 Å². The minimum absolute atomic E-state index is 0.0365. The van der Waals surface area contributed by atoms with Gasteiger partial charge in [-0.2, -0.15) is 0 Å². The lowest BCUT2D eigenvalue weighted by molar-refractivity contribution is -0.128. The lowest BCUT2D eigenvalue weighted by atomic mass is 9.84. The van der Waals surface area contributed by atoms with E-state index in [0.717, 1.165) is 12.8 Å². The van der Waals surface area contributed by atoms with Crippen molar-refractivity contribution in [2.45, 2.75) is 38.5 Å². The summed E-state index contributed by atoms with van der Waals surface area (Å²) in [6.45, 7) is 6.52. The van der Waals surface area contributed by atoms with E-state index in [2.05, 4.69) is 17.8 Å². The van der Waals surface area contributed by atoms with E-state index in [1.165, 1.54) is 0 Å². The number of terminal acetylenes is 3. The van der Waals surface area contributed by atoms with Crippen molar-refractivity contribution in [3.05, 3.63) is 0 Å². The van der Waals surface area contributed by atoms with Crippen molar-refractivity contribution in [2.75, 3.05) is 125 Å². The number of carbonyl (C=O) groups excluding carboxylic acids is 2. The third-order valence-corrected chi connectivity index (χ3v) is 6.14. The molecule has 0 rings (SSSR count). The van der Waals surface area contributed by atoms with E-state index in [1.54, 1.807) is 0 Å². The van der Waals surface area contributed by atoms with Crippen molar-refractivity contribution in [3.8, 4) is 37.0 Å². The zero-order chi connectivity index (χ0) is 33.8. The molecule has 0 amide bonds. The van der Waals surface area contributed by atoms with E-state index in [1.807, 2.05) is 0 Å². The van der Waals surface area contributed by atoms with Gasteiger partial charge in [-0.25, -0.2) is 0 Å². The van der Waals surface area contributed by atoms with Crippen LogP contribution in [0, 0.1) is 42.4 Å². The molecule has 0 aliphatic heterocycles. The number of carbonyl (C=O) groups is 2. The second-order valence-electron chi connectivity index (χ2n) is 10.3. The fourth-order valence-electron chi connectivity index (χ4n) is 3.95. The minimum atomic E-state index is -0.770. The molecule has 0 aliphatic rings. The molecule has 12 heteroatoms. The lowest BCUT2D eigenvalue weighted by Crippen LogP contribution is -2.40. The smallest absolute Gasteiger partial charge is 0.136 e. The summed E-state index contributed by atoms with van der Waals surface area (Å²) >= 11 is 0. The molecule has 0 aliphatic carbocycles. The zero-order valence-electron chi connectivity index (χ0n) is 27.5. The molecule has 0 saturated carbocycles. The van der Waals surface area contributed by atoms with Crippen molar-refractivity contribution in [3.63, 3.8) is 0 Å². The van der Waals surface area contributed by atoms with Crippen LogP contribution in [0.2, 0.25) is 0 Å². The second kappa shape index (κ2) is 34.0. The van der Waals surface area contributed by atoms with E-state index in [0.29, 0.717) is 92.1 Å². The summed E-state index contributed by atoms with van der Waals surface area (Å²) in [6.07, 6.45) is 18.8. The Morgan fingerprint density at radius 2 is 0.848 bits per heavy atom. The summed E-state index contributed by atoms with van der Waals surface area (Å²) < 4.78 is 49.5. The molecule has 0 unspecified atom stereocenters. The normalized spacial score (nSPS) is 11.2. The minimum Gasteiger partial charge on any atom is -0.379 e. The SMILES string of the molecule is C#CCOCC(COCC#C)(COCC#C)CC(=O)CCOCCOCCOCCOCCOCCOCCCC(=O)CCCN. The topological polar surface area (TPSA) is 143 Å². The molecule has 12 nitrogen and oxygen atoms in total. The highest BCUT2D eigenvalue weighted by atomic mass is 16.6. The van der Waals surface area contributed by atoms with Crippen LogP contribution < -0.4 is 5.73 Å². The van der Waals surface area contributed by atoms with Crippen LogP contribution in [-0.4, -0.2) is 137 Å². The molecule has 2 N–H and O–H groups in total. The molecule has 0 atom stereocenters. The maximum atomic E-state index is 12.7. The van der Waals surface area contributed by atoms with Crippen molar-refractivity contribution >= 4 is 11.6 Å². The number of rotatable bonds is 36. The molecule has 0 aromatic carbocycles. The van der Waals surface area contributed by atoms with Gasteiger partial charge in [-0.1, -0.05) is 17.8 Å². The molecule has 0 radical (unpaired) electrons. The molecule has 0 fully saturated rings. The predicted molar refractivity (Wildman–Crippen MR) is 173 cm³/mol. The van der Waals surface area contributed by atoms with E-state index in [4.69, 9.17) is 67.6 Å². The van der Waals surface area contributed by atoms with Crippen molar-refractivity contribution in [1.29, 1.82) is 0 Å². The first kappa shape index (κ1) is 43.6. The predicted octanol–water partition coefficient (Wildman–Crippen LogP) is 1.46. The van der Waals surface area contributed by atoms with Crippen molar-refractivity contribution < 1.29 is 52.2 Å². The van der Waals surface area contributed by atoms with Gasteiger partial charge in [0.2, 0.25) is 0 Å². The number of nitrogens with two attached hydrogens (primary N) is 1. The number of hydrogen-bond donors (Lipinski definition) is 1. The molecular weight excluding hydrogens is 598 g/mol. The van der Waals surface area contributed by atoms with Gasteiger partial charge in [0, 0.05) is 37.7 Å². The fraction of sp³-hybridized carbons (Fsp3) is 0.765. The van der Waals surface area contributed by atoms with Gasteiger partial charge in [-0.3, -0.25) is 9.59 Å². The van der Waals surface area contributed by atoms with Gasteiger partial charge in [0.05, 0.1) is 92.5 Å². The third kappa shape index (κ3) is 29.1. The molecular formula is C34H55NO11. The summed E-state index contributed by atoms with van der Waals surface area (Å²) in [5, 5.41) is 0. The first-order chi connectivity index (χ1) is 22.5. The zero-order valence-corrected chi connectivity index (χ0v) is 27.5. The maximum Gasteiger partial charge on any atom is 0.136 e. The number of Topliss-reactive ketones (excluding diaryl/α,β-unsaturated/α-hetero) is 2. The second-order valence-corrected chi connectivity index (χ2v) is 10.3. The summed E-state index contributed by atoms with van der Waals surface area (Å²) in [5.74, 6) is 7.43. The van der Waals surface area contributed by atoms with Gasteiger partial charge in [0.1, 0.15) is 31.4 Å². The number of hydrogen-bond acceptors (Lipinski definition) is 12. The molecule has 46 heavy (non-hydrogen) atoms. The van der Waals surface area contributed by atoms with E-state index >= 15 is 0 Å². The standard InChI is InChI=1S/C34H55NO11/c1-4-13-44-29-34(30-45-14-5-2,31-46-15-6-3)28-33(37)11-17-39-19-21-41-23-25-43-27-26-42-24-22-40-20-18-38-16-8-10-32(36)9-7-12-35/h1-3H,7-31,35H2. The monoisotopic (exact) mass is 653 g/mol. The average molecular weight is 654 g/mol. The fourth-order valence-corrected chi connectivity index (χ4v) is 3.95. The molecule has 262 valence electrons. The van der Waals surface area contributed by atoms with Crippen molar-refractivity contribution in [1.82, 2.24) is 0 Å². The Hall–Kier alpha value is -2.38. The summed E-state index contributed by atoms with van der Waals surface area (Å²) in [4.78, 5) is 24.3. The Labute approximate surface area is 275 Å². The maximum absolute atomic E-state index is 12.7. The van der Waals surface area contributed by atoms with Gasteiger partial charge in [-0.15, -0.1) is 19.3 Å². The summed E-state index contributed by atoms with van der Waals surface area (Å²) in [6, 6.07) is 0. The van der Waals surface area contributed by atoms with Gasteiger partial charge in [0.15, 0.2) is 0 Å². The van der Waals surface area contributed by atoms with Gasteiger partial charge in [0.25, 0.3) is 0 Å². The molecule has 0 spiro atoms. The summed E-state index contributed by atoms with van der Waals surface area (Å²) in [7, 11) is 0. The van der Waals surface area contributed by atoms with Crippen molar-refractivity contribution in [2.24, 2.45) is 11.1 Å². The van der Waals surface area contributed by atoms with Crippen LogP contribution in [-0.2, 0) is 52.2 Å². The Bertz CT molecular complexity index is 812. The molecule has 0 bridgehead atoms. The Kier molecular flexibility index (Phi) is 32.2. The van der Waals surface area contributed by atoms with Gasteiger partial charge >= 0.3 is 0 Å². The number of ether oxygens (including phenoxy) is 9. The first-order valence-corrected chi connectivity index (χ1v) is 15.8. The van der Waals surface area contributed by atoms with E-state index < -0.39 is 5.41 Å². The molecule has 0 aromatic rings. The van der Waals surface area contributed by atoms with Crippen LogP contribution >= 0.6 is 0 Å². The highest BCUT2D eigenvalue weighted by Gasteiger charge is 2.34. The van der Waals surface area contributed by atoms with Crippen LogP contribution in [0.3, 0.4) is 0 Å². The van der Waals surface area contributed by atoms with E-state index in [9.17, 15) is 9.59 Å². The van der Waals surface area contributed by atoms with Crippen LogP contribution in [0.4, 0.5) is 0 Å². The molecule has 0 heterocycles. The van der Waals surface area contributed by atoms with Crippen LogP contribution in [0.25, 0.3) is 0 Å². The third-order valence-electron chi connectivity index (χ3n) is 6.14. The lowest BCUT2D eigenvalue weighted by Gasteiger charge is -2.32. The first-order valence-electron chi connectivity index (χ1n) is 15.8. The van der Waals surface area contributed by atoms with Crippen LogP contribution in [0.1, 0.15) is 38.5 Å². The molecule has 0 aromatic heterocycles. The highest BCUT2D eigenvalue weighted by molar-refractivity contribution is 5.79. The highest BCUT2D eigenvalue weighted by Crippen LogP contribution is 2.26. The summed E-state index contributed by atoms with van der Waals surface area (Å²) in [5.41, 5.74) is 4.62. The van der Waals surface area contributed by atoms with Gasteiger partial charge < -0.3 is 48.4 Å². The van der Waals surface area contributed by atoms with Crippen LogP contribution in [0.5, 0.6) is 0 Å². The Morgan fingerprint density at radius 3 is 1.24 bits per heavy atom. The largest absolute Gasteiger partial charge is 0.379 e. The Morgan fingerprint density at radius 1 is 0.478 bits per heavy atom. The van der Waals surface area contributed by atoms with Crippen LogP contribution in [0.15, 0.2) is 0 Å². The molecule has 0 saturated heterocycles. The quantitative estimate of drug-likeness (QED) is 0.0773. The van der Waals surface area contributed by atoms with E-state index in [-0.39, 0.29) is 70.7 Å². The average Bonchev–Trinajstić information content (AvgIpc) is 3.04. The Balaban J connectivity index is 3.76.